The Hall–Kier alpha value is -3.10. The first-order valence-corrected chi connectivity index (χ1v) is 13.0. The van der Waals surface area contributed by atoms with Crippen LogP contribution in [-0.2, 0) is 14.4 Å². The van der Waals surface area contributed by atoms with Crippen LogP contribution in [0.5, 0.6) is 0 Å². The average molecular weight is 517 g/mol. The minimum Gasteiger partial charge on any atom is -0.346 e. The van der Waals surface area contributed by atoms with Gasteiger partial charge in [0.05, 0.1) is 24.4 Å². The topological polar surface area (TPSA) is 95.2 Å². The molecule has 0 radical (unpaired) electrons. The summed E-state index contributed by atoms with van der Waals surface area (Å²) in [6, 6.07) is 2.48. The Bertz CT molecular complexity index is 1120. The molecule has 2 amide bonds. The summed E-state index contributed by atoms with van der Waals surface area (Å²) in [5.41, 5.74) is 0.512. The minimum absolute atomic E-state index is 0.0336. The molecule has 0 bridgehead atoms. The Morgan fingerprint density at radius 3 is 2.57 bits per heavy atom. The monoisotopic (exact) mass is 516 g/mol. The predicted molar refractivity (Wildman–Crippen MR) is 138 cm³/mol. The van der Waals surface area contributed by atoms with Crippen molar-refractivity contribution >= 4 is 17.6 Å². The van der Waals surface area contributed by atoms with Gasteiger partial charge in [-0.3, -0.25) is 14.4 Å². The Labute approximate surface area is 217 Å². The van der Waals surface area contributed by atoms with E-state index in [0.717, 1.165) is 25.0 Å². The summed E-state index contributed by atoms with van der Waals surface area (Å²) in [4.78, 5) is 48.1. The molecular formula is C28H38F2N4O3. The minimum atomic E-state index is -0.931. The number of aromatic amines is 1. The van der Waals surface area contributed by atoms with Crippen LogP contribution in [0, 0.1) is 17.0 Å². The number of carbonyl (C=O) groups is 3. The van der Waals surface area contributed by atoms with E-state index in [1.54, 1.807) is 11.8 Å². The second kappa shape index (κ2) is 12.0. The molecular weight excluding hydrogens is 478 g/mol. The highest BCUT2D eigenvalue weighted by molar-refractivity contribution is 5.93. The number of rotatable bonds is 10. The van der Waals surface area contributed by atoms with Crippen LogP contribution in [0.4, 0.5) is 8.78 Å². The quantitative estimate of drug-likeness (QED) is 0.458. The molecule has 37 heavy (non-hydrogen) atoms. The van der Waals surface area contributed by atoms with Crippen molar-refractivity contribution in [1.29, 1.82) is 0 Å². The van der Waals surface area contributed by atoms with Gasteiger partial charge in [0, 0.05) is 43.0 Å². The molecule has 3 atom stereocenters. The van der Waals surface area contributed by atoms with Crippen molar-refractivity contribution in [3.8, 4) is 11.3 Å². The molecule has 1 aromatic carbocycles. The molecule has 0 spiro atoms. The molecule has 7 nitrogen and oxygen atoms in total. The zero-order valence-electron chi connectivity index (χ0n) is 22.4. The predicted octanol–water partition coefficient (Wildman–Crippen LogP) is 5.13. The van der Waals surface area contributed by atoms with Crippen molar-refractivity contribution in [3.63, 3.8) is 0 Å². The molecule has 0 unspecified atom stereocenters. The number of halogens is 2. The van der Waals surface area contributed by atoms with Gasteiger partial charge in [-0.25, -0.2) is 13.8 Å². The van der Waals surface area contributed by atoms with Crippen molar-refractivity contribution in [1.82, 2.24) is 20.2 Å². The number of nitrogens with one attached hydrogen (secondary N) is 2. The van der Waals surface area contributed by atoms with Crippen molar-refractivity contribution in [3.05, 3.63) is 41.9 Å². The Balaban J connectivity index is 1.70. The van der Waals surface area contributed by atoms with Crippen LogP contribution in [0.25, 0.3) is 11.3 Å². The van der Waals surface area contributed by atoms with Crippen LogP contribution in [0.3, 0.4) is 0 Å². The Kier molecular flexibility index (Phi) is 9.21. The first-order chi connectivity index (χ1) is 17.3. The number of carbonyl (C=O) groups excluding carboxylic acids is 3. The normalized spacial score (nSPS) is 17.5. The number of H-pyrrole nitrogens is 1. The van der Waals surface area contributed by atoms with Gasteiger partial charge >= 0.3 is 0 Å². The van der Waals surface area contributed by atoms with Gasteiger partial charge in [0.25, 0.3) is 0 Å². The number of Topliss-reactive ketones (excluding diaryl/α,β-unsaturated/α-hetero) is 1. The lowest BCUT2D eigenvalue weighted by molar-refractivity contribution is -0.136. The van der Waals surface area contributed by atoms with Gasteiger partial charge in [-0.2, -0.15) is 0 Å². The van der Waals surface area contributed by atoms with Crippen LogP contribution >= 0.6 is 0 Å². The van der Waals surface area contributed by atoms with E-state index in [1.807, 2.05) is 27.7 Å². The van der Waals surface area contributed by atoms with Crippen LogP contribution < -0.4 is 5.32 Å². The molecule has 2 N–H and O–H groups in total. The number of aromatic nitrogens is 2. The van der Waals surface area contributed by atoms with Gasteiger partial charge in [0.2, 0.25) is 11.8 Å². The lowest BCUT2D eigenvalue weighted by Gasteiger charge is -2.25. The van der Waals surface area contributed by atoms with E-state index in [1.165, 1.54) is 12.3 Å². The number of benzene rings is 1. The van der Waals surface area contributed by atoms with Crippen molar-refractivity contribution < 1.29 is 23.2 Å². The number of ketones is 1. The van der Waals surface area contributed by atoms with Gasteiger partial charge in [0.1, 0.15) is 17.5 Å². The fraction of sp³-hybridized carbons (Fsp3) is 0.571. The summed E-state index contributed by atoms with van der Waals surface area (Å²) in [5, 5.41) is 2.81. The molecule has 1 saturated heterocycles. The number of hydrogen-bond acceptors (Lipinski definition) is 4. The largest absolute Gasteiger partial charge is 0.346 e. The number of hydrogen-bond donors (Lipinski definition) is 2. The number of likely N-dealkylation sites (tertiary alicyclic amines) is 1. The van der Waals surface area contributed by atoms with E-state index < -0.39 is 17.7 Å². The van der Waals surface area contributed by atoms with Gasteiger partial charge < -0.3 is 15.2 Å². The first kappa shape index (κ1) is 28.5. The van der Waals surface area contributed by atoms with Gasteiger partial charge in [-0.05, 0) is 43.7 Å². The van der Waals surface area contributed by atoms with Crippen molar-refractivity contribution in [2.45, 2.75) is 91.1 Å². The highest BCUT2D eigenvalue weighted by Gasteiger charge is 2.31. The number of nitrogens with zero attached hydrogens (tertiary/aromatic N) is 2. The zero-order chi connectivity index (χ0) is 27.3. The molecule has 2 heterocycles. The lowest BCUT2D eigenvalue weighted by Crippen LogP contribution is -2.46. The maximum Gasteiger partial charge on any atom is 0.225 e. The molecule has 1 fully saturated rings. The SMILES string of the molecule is C[C@H](CC(=O)[C@H](CC(=O)N1CCC[C@@H]1C)NC(=O)CCC(C)(C)C)c1ncc(-c2ccc(F)cc2F)[nH]1. The van der Waals surface area contributed by atoms with Crippen LogP contribution in [0.1, 0.15) is 84.9 Å². The van der Waals surface area contributed by atoms with E-state index in [4.69, 9.17) is 0 Å². The van der Waals surface area contributed by atoms with Crippen molar-refractivity contribution in [2.24, 2.45) is 5.41 Å². The standard InChI is InChI=1S/C28H38F2N4O3/c1-17(27-31-16-23(33-27)20-9-8-19(29)14-21(20)30)13-24(35)22(32-25(36)10-11-28(3,4)5)15-26(37)34-12-6-7-18(34)2/h8-9,14,16-18,22H,6-7,10-13,15H2,1-5H3,(H,31,33)(H,32,36)/t17-,18+,22+/m1/s1. The fourth-order valence-corrected chi connectivity index (χ4v) is 4.57. The summed E-state index contributed by atoms with van der Waals surface area (Å²) in [7, 11) is 0. The van der Waals surface area contributed by atoms with Gasteiger partial charge in [-0.1, -0.05) is 27.7 Å². The summed E-state index contributed by atoms with van der Waals surface area (Å²) >= 11 is 0. The maximum atomic E-state index is 14.2. The number of amides is 2. The smallest absolute Gasteiger partial charge is 0.225 e. The van der Waals surface area contributed by atoms with Gasteiger partial charge in [0.15, 0.2) is 5.78 Å². The third-order valence-corrected chi connectivity index (χ3v) is 6.87. The highest BCUT2D eigenvalue weighted by Crippen LogP contribution is 2.26. The summed E-state index contributed by atoms with van der Waals surface area (Å²) in [6.45, 7) is 10.6. The molecule has 0 aliphatic carbocycles. The Morgan fingerprint density at radius 1 is 1.22 bits per heavy atom. The molecule has 3 rings (SSSR count). The molecule has 202 valence electrons. The second-order valence-corrected chi connectivity index (χ2v) is 11.3. The molecule has 2 aromatic rings. The molecule has 0 saturated carbocycles. The third kappa shape index (κ3) is 7.94. The molecule has 9 heteroatoms. The summed E-state index contributed by atoms with van der Waals surface area (Å²) < 4.78 is 27.4. The van der Waals surface area contributed by atoms with Crippen LogP contribution in [-0.4, -0.2) is 51.1 Å². The van der Waals surface area contributed by atoms with E-state index >= 15 is 0 Å². The first-order valence-electron chi connectivity index (χ1n) is 13.0. The fourth-order valence-electron chi connectivity index (χ4n) is 4.57. The van der Waals surface area contributed by atoms with Gasteiger partial charge in [-0.15, -0.1) is 0 Å². The number of imidazole rings is 1. The van der Waals surface area contributed by atoms with E-state index in [0.29, 0.717) is 24.5 Å². The van der Waals surface area contributed by atoms with E-state index in [2.05, 4.69) is 15.3 Å². The summed E-state index contributed by atoms with van der Waals surface area (Å²) in [5.74, 6) is -1.96. The van der Waals surface area contributed by atoms with Crippen LogP contribution in [0.2, 0.25) is 0 Å². The zero-order valence-corrected chi connectivity index (χ0v) is 22.4. The molecule has 1 aliphatic rings. The average Bonchev–Trinajstić information content (AvgIpc) is 3.46. The molecule has 1 aliphatic heterocycles. The van der Waals surface area contributed by atoms with Crippen molar-refractivity contribution in [2.75, 3.05) is 6.54 Å². The molecule has 1 aromatic heterocycles. The second-order valence-electron chi connectivity index (χ2n) is 11.3. The Morgan fingerprint density at radius 2 is 1.95 bits per heavy atom. The highest BCUT2D eigenvalue weighted by atomic mass is 19.1. The van der Waals surface area contributed by atoms with E-state index in [9.17, 15) is 23.2 Å². The van der Waals surface area contributed by atoms with Crippen LogP contribution in [0.15, 0.2) is 24.4 Å². The summed E-state index contributed by atoms with van der Waals surface area (Å²) in [6.07, 6.45) is 4.17. The van der Waals surface area contributed by atoms with E-state index in [-0.39, 0.29) is 59.8 Å². The lowest BCUT2D eigenvalue weighted by atomic mass is 9.90. The third-order valence-electron chi connectivity index (χ3n) is 6.87. The maximum absolute atomic E-state index is 14.2.